The topological polar surface area (TPSA) is 66.5 Å². The summed E-state index contributed by atoms with van der Waals surface area (Å²) in [6.07, 6.45) is 2.85. The van der Waals surface area contributed by atoms with Crippen molar-refractivity contribution in [2.75, 3.05) is 13.1 Å². The second-order valence-electron chi connectivity index (χ2n) is 5.88. The molecule has 0 bridgehead atoms. The minimum atomic E-state index is -3.43. The summed E-state index contributed by atoms with van der Waals surface area (Å²) in [7, 11) is -3.43. The summed E-state index contributed by atoms with van der Waals surface area (Å²) >= 11 is 1.40. The van der Waals surface area contributed by atoms with Crippen LogP contribution in [0.2, 0.25) is 0 Å². The van der Waals surface area contributed by atoms with Gasteiger partial charge in [0.1, 0.15) is 0 Å². The summed E-state index contributed by atoms with van der Waals surface area (Å²) in [4.78, 5) is 12.7. The van der Waals surface area contributed by atoms with Crippen LogP contribution in [0.3, 0.4) is 0 Å². The van der Waals surface area contributed by atoms with Gasteiger partial charge in [-0.15, -0.1) is 11.3 Å². The Labute approximate surface area is 152 Å². The van der Waals surface area contributed by atoms with Gasteiger partial charge in [0.2, 0.25) is 10.0 Å². The maximum absolute atomic E-state index is 12.4. The van der Waals surface area contributed by atoms with Crippen LogP contribution in [0, 0.1) is 0 Å². The molecule has 1 N–H and O–H groups in total. The number of nitrogens with zero attached hydrogens (tertiary/aromatic N) is 1. The largest absolute Gasteiger partial charge is 0.349 e. The summed E-state index contributed by atoms with van der Waals surface area (Å²) in [5, 5.41) is 6.10. The van der Waals surface area contributed by atoms with Crippen LogP contribution in [0.25, 0.3) is 6.08 Å². The summed E-state index contributed by atoms with van der Waals surface area (Å²) < 4.78 is 26.3. The van der Waals surface area contributed by atoms with Crippen molar-refractivity contribution in [1.82, 2.24) is 9.62 Å². The van der Waals surface area contributed by atoms with Crippen molar-refractivity contribution >= 4 is 33.3 Å². The van der Waals surface area contributed by atoms with Crippen molar-refractivity contribution in [3.05, 3.63) is 63.7 Å². The van der Waals surface area contributed by atoms with Crippen LogP contribution in [0.5, 0.6) is 0 Å². The van der Waals surface area contributed by atoms with Crippen LogP contribution in [-0.4, -0.2) is 37.8 Å². The molecule has 7 heteroatoms. The molecule has 3 rings (SSSR count). The van der Waals surface area contributed by atoms with Crippen LogP contribution < -0.4 is 5.32 Å². The number of thiophene rings is 1. The average Bonchev–Trinajstić information content (AvgIpc) is 3.16. The fourth-order valence-electron chi connectivity index (χ4n) is 2.73. The molecule has 1 aromatic heterocycles. The predicted molar refractivity (Wildman–Crippen MR) is 101 cm³/mol. The van der Waals surface area contributed by atoms with Crippen molar-refractivity contribution in [2.45, 2.75) is 18.9 Å². The van der Waals surface area contributed by atoms with Crippen molar-refractivity contribution in [1.29, 1.82) is 0 Å². The Hall–Kier alpha value is -1.96. The van der Waals surface area contributed by atoms with Crippen molar-refractivity contribution in [3.8, 4) is 0 Å². The van der Waals surface area contributed by atoms with Crippen LogP contribution in [0.15, 0.2) is 53.3 Å². The Morgan fingerprint density at radius 3 is 2.48 bits per heavy atom. The average molecular weight is 377 g/mol. The summed E-state index contributed by atoms with van der Waals surface area (Å²) in [5.74, 6) is -0.0831. The molecule has 132 valence electrons. The highest BCUT2D eigenvalue weighted by atomic mass is 32.2. The molecule has 0 saturated carbocycles. The molecule has 0 unspecified atom stereocenters. The van der Waals surface area contributed by atoms with Gasteiger partial charge in [0.15, 0.2) is 0 Å². The van der Waals surface area contributed by atoms with Gasteiger partial charge in [0.25, 0.3) is 5.91 Å². The summed E-state index contributed by atoms with van der Waals surface area (Å²) in [6.45, 7) is 0.827. The van der Waals surface area contributed by atoms with Crippen LogP contribution >= 0.6 is 11.3 Å². The van der Waals surface area contributed by atoms with Crippen LogP contribution in [-0.2, 0) is 10.0 Å². The minimum Gasteiger partial charge on any atom is -0.349 e. The van der Waals surface area contributed by atoms with E-state index in [-0.39, 0.29) is 11.9 Å². The lowest BCUT2D eigenvalue weighted by molar-refractivity contribution is 0.0928. The smallest absolute Gasteiger partial charge is 0.261 e. The molecule has 0 atom stereocenters. The van der Waals surface area contributed by atoms with E-state index in [0.29, 0.717) is 30.8 Å². The van der Waals surface area contributed by atoms with Gasteiger partial charge in [-0.1, -0.05) is 36.4 Å². The van der Waals surface area contributed by atoms with E-state index in [0.717, 1.165) is 5.56 Å². The van der Waals surface area contributed by atoms with E-state index in [1.807, 2.05) is 41.8 Å². The molecule has 0 aliphatic carbocycles. The highest BCUT2D eigenvalue weighted by Crippen LogP contribution is 2.17. The first-order chi connectivity index (χ1) is 12.0. The number of carbonyl (C=O) groups excluding carboxylic acids is 1. The van der Waals surface area contributed by atoms with Crippen molar-refractivity contribution < 1.29 is 13.2 Å². The Kier molecular flexibility index (Phi) is 5.67. The first kappa shape index (κ1) is 17.8. The molecule has 1 aliphatic rings. The second kappa shape index (κ2) is 7.95. The number of hydrogen-bond donors (Lipinski definition) is 1. The van der Waals surface area contributed by atoms with Gasteiger partial charge in [0, 0.05) is 24.5 Å². The molecule has 1 aliphatic heterocycles. The molecular formula is C18H20N2O3S2. The molecule has 1 fully saturated rings. The zero-order valence-corrected chi connectivity index (χ0v) is 15.3. The molecule has 2 aromatic rings. The van der Waals surface area contributed by atoms with Gasteiger partial charge in [-0.3, -0.25) is 4.79 Å². The van der Waals surface area contributed by atoms with Gasteiger partial charge in [-0.05, 0) is 35.9 Å². The lowest BCUT2D eigenvalue weighted by Crippen LogP contribution is -2.45. The molecule has 1 saturated heterocycles. The number of carbonyl (C=O) groups is 1. The SMILES string of the molecule is O=C(NC1CCN(S(=O)(=O)/C=C/c2ccccc2)CC1)c1cccs1. The number of rotatable bonds is 5. The number of benzene rings is 1. The van der Waals surface area contributed by atoms with Gasteiger partial charge in [-0.25, -0.2) is 8.42 Å². The molecule has 0 spiro atoms. The van der Waals surface area contributed by atoms with Gasteiger partial charge in [0.05, 0.1) is 4.88 Å². The number of sulfonamides is 1. The molecule has 0 radical (unpaired) electrons. The van der Waals surface area contributed by atoms with E-state index in [2.05, 4.69) is 5.32 Å². The molecular weight excluding hydrogens is 356 g/mol. The Morgan fingerprint density at radius 1 is 1.12 bits per heavy atom. The molecule has 1 amide bonds. The maximum atomic E-state index is 12.4. The number of hydrogen-bond acceptors (Lipinski definition) is 4. The molecule has 5 nitrogen and oxygen atoms in total. The molecule has 2 heterocycles. The third-order valence-corrected chi connectivity index (χ3v) is 6.56. The van der Waals surface area contributed by atoms with E-state index >= 15 is 0 Å². The normalized spacial score (nSPS) is 17.0. The van der Waals surface area contributed by atoms with Gasteiger partial charge in [-0.2, -0.15) is 4.31 Å². The van der Waals surface area contributed by atoms with Gasteiger partial charge < -0.3 is 5.32 Å². The van der Waals surface area contributed by atoms with E-state index in [1.165, 1.54) is 21.1 Å². The lowest BCUT2D eigenvalue weighted by atomic mass is 10.1. The first-order valence-corrected chi connectivity index (χ1v) is 10.5. The van der Waals surface area contributed by atoms with E-state index < -0.39 is 10.0 Å². The van der Waals surface area contributed by atoms with E-state index in [9.17, 15) is 13.2 Å². The van der Waals surface area contributed by atoms with E-state index in [1.54, 1.807) is 12.1 Å². The highest BCUT2D eigenvalue weighted by molar-refractivity contribution is 7.92. The van der Waals surface area contributed by atoms with Crippen molar-refractivity contribution in [2.24, 2.45) is 0 Å². The Balaban J connectivity index is 1.54. The van der Waals surface area contributed by atoms with E-state index in [4.69, 9.17) is 0 Å². The van der Waals surface area contributed by atoms with Gasteiger partial charge >= 0.3 is 0 Å². The van der Waals surface area contributed by atoms with Crippen LogP contribution in [0.1, 0.15) is 28.1 Å². The minimum absolute atomic E-state index is 0.0131. The quantitative estimate of drug-likeness (QED) is 0.872. The monoisotopic (exact) mass is 376 g/mol. The number of amides is 1. The Bertz CT molecular complexity index is 822. The predicted octanol–water partition coefficient (Wildman–Crippen LogP) is 2.94. The lowest BCUT2D eigenvalue weighted by Gasteiger charge is -2.30. The number of piperidine rings is 1. The van der Waals surface area contributed by atoms with Crippen LogP contribution in [0.4, 0.5) is 0 Å². The highest BCUT2D eigenvalue weighted by Gasteiger charge is 2.27. The standard InChI is InChI=1S/C18H20N2O3S2/c21-18(17-7-4-13-24-17)19-16-8-11-20(12-9-16)25(22,23)14-10-15-5-2-1-3-6-15/h1-7,10,13-14,16H,8-9,11-12H2,(H,19,21)/b14-10+. The Morgan fingerprint density at radius 2 is 1.84 bits per heavy atom. The fourth-order valence-corrected chi connectivity index (χ4v) is 4.58. The molecule has 25 heavy (non-hydrogen) atoms. The second-order valence-corrected chi connectivity index (χ2v) is 8.65. The zero-order chi connectivity index (χ0) is 17.7. The number of nitrogens with one attached hydrogen (secondary N) is 1. The third kappa shape index (κ3) is 4.78. The first-order valence-electron chi connectivity index (χ1n) is 8.12. The zero-order valence-electron chi connectivity index (χ0n) is 13.7. The van der Waals surface area contributed by atoms with Crippen molar-refractivity contribution in [3.63, 3.8) is 0 Å². The maximum Gasteiger partial charge on any atom is 0.261 e. The summed E-state index contributed by atoms with van der Waals surface area (Å²) in [5.41, 5.74) is 0.851. The summed E-state index contributed by atoms with van der Waals surface area (Å²) in [6, 6.07) is 13.0. The third-order valence-electron chi connectivity index (χ3n) is 4.13. The fraction of sp³-hybridized carbons (Fsp3) is 0.278. The molecule has 1 aromatic carbocycles.